The van der Waals surface area contributed by atoms with Crippen LogP contribution in [0.1, 0.15) is 6.42 Å². The van der Waals surface area contributed by atoms with Crippen molar-refractivity contribution in [3.05, 3.63) is 30.3 Å². The van der Waals surface area contributed by atoms with Gasteiger partial charge in [0.15, 0.2) is 0 Å². The van der Waals surface area contributed by atoms with Crippen molar-refractivity contribution in [2.45, 2.75) is 12.6 Å². The van der Waals surface area contributed by atoms with Gasteiger partial charge >= 0.3 is 12.1 Å². The summed E-state index contributed by atoms with van der Waals surface area (Å²) in [6.07, 6.45) is -4.73. The number of carbonyl (C=O) groups excluding carboxylic acids is 1. The number of rotatable bonds is 7. The van der Waals surface area contributed by atoms with E-state index in [1.807, 2.05) is 0 Å². The van der Waals surface area contributed by atoms with Crippen molar-refractivity contribution in [1.82, 2.24) is 4.90 Å². The molecule has 0 aliphatic rings. The molecule has 0 saturated heterocycles. The summed E-state index contributed by atoms with van der Waals surface area (Å²) in [5, 5.41) is 11.1. The van der Waals surface area contributed by atoms with Crippen LogP contribution in [-0.4, -0.2) is 47.7 Å². The number of alkyl halides is 3. The first kappa shape index (κ1) is 17.0. The van der Waals surface area contributed by atoms with E-state index in [2.05, 4.69) is 5.32 Å². The van der Waals surface area contributed by atoms with Crippen LogP contribution in [0.25, 0.3) is 0 Å². The Bertz CT molecular complexity index is 477. The molecular weight excluding hydrogens is 289 g/mol. The maximum Gasteiger partial charge on any atom is 0.401 e. The summed E-state index contributed by atoms with van der Waals surface area (Å²) < 4.78 is 36.9. The molecule has 2 N–H and O–H groups in total. The summed E-state index contributed by atoms with van der Waals surface area (Å²) >= 11 is 0. The van der Waals surface area contributed by atoms with Gasteiger partial charge in [-0.15, -0.1) is 0 Å². The molecule has 0 spiro atoms. The normalized spacial score (nSPS) is 11.4. The van der Waals surface area contributed by atoms with Crippen LogP contribution in [0.4, 0.5) is 18.9 Å². The van der Waals surface area contributed by atoms with Gasteiger partial charge in [0.25, 0.3) is 0 Å². The second kappa shape index (κ2) is 7.63. The lowest BCUT2D eigenvalue weighted by atomic mass is 10.3. The number of carboxylic acid groups (broad SMARTS) is 1. The number of carboxylic acids is 1. The van der Waals surface area contributed by atoms with Gasteiger partial charge in [-0.05, 0) is 12.1 Å². The summed E-state index contributed by atoms with van der Waals surface area (Å²) in [6, 6.07) is 8.45. The highest BCUT2D eigenvalue weighted by atomic mass is 19.4. The molecule has 1 amide bonds. The average molecular weight is 304 g/mol. The van der Waals surface area contributed by atoms with E-state index in [-0.39, 0.29) is 13.0 Å². The Morgan fingerprint density at radius 1 is 1.19 bits per heavy atom. The standard InChI is InChI=1S/C13H15F3N2O3/c14-13(15,16)9-18(8-12(20)21)7-6-11(19)17-10-4-2-1-3-5-10/h1-5H,6-9H2,(H,17,19)(H,20,21). The number of nitrogens with one attached hydrogen (secondary N) is 1. The topological polar surface area (TPSA) is 69.6 Å². The number of anilines is 1. The van der Waals surface area contributed by atoms with Gasteiger partial charge in [0.2, 0.25) is 5.91 Å². The van der Waals surface area contributed by atoms with Gasteiger partial charge in [-0.3, -0.25) is 14.5 Å². The molecule has 0 aliphatic carbocycles. The van der Waals surface area contributed by atoms with Crippen molar-refractivity contribution in [1.29, 1.82) is 0 Å². The fourth-order valence-corrected chi connectivity index (χ4v) is 1.66. The lowest BCUT2D eigenvalue weighted by molar-refractivity contribution is -0.154. The minimum Gasteiger partial charge on any atom is -0.480 e. The molecule has 1 aromatic carbocycles. The number of hydrogen-bond acceptors (Lipinski definition) is 3. The number of amides is 1. The number of hydrogen-bond donors (Lipinski definition) is 2. The Morgan fingerprint density at radius 2 is 1.81 bits per heavy atom. The van der Waals surface area contributed by atoms with E-state index in [0.29, 0.717) is 10.6 Å². The predicted octanol–water partition coefficient (Wildman–Crippen LogP) is 1.96. The smallest absolute Gasteiger partial charge is 0.401 e. The highest BCUT2D eigenvalue weighted by Gasteiger charge is 2.31. The van der Waals surface area contributed by atoms with Crippen molar-refractivity contribution in [2.24, 2.45) is 0 Å². The van der Waals surface area contributed by atoms with E-state index >= 15 is 0 Å². The molecule has 0 aromatic heterocycles. The number of halogens is 3. The lowest BCUT2D eigenvalue weighted by Gasteiger charge is -2.21. The van der Waals surface area contributed by atoms with Crippen LogP contribution < -0.4 is 5.32 Å². The minimum atomic E-state index is -4.51. The van der Waals surface area contributed by atoms with Gasteiger partial charge in [0.1, 0.15) is 0 Å². The van der Waals surface area contributed by atoms with Crippen LogP contribution in [0.5, 0.6) is 0 Å². The van der Waals surface area contributed by atoms with E-state index in [1.54, 1.807) is 30.3 Å². The first-order valence-corrected chi connectivity index (χ1v) is 6.12. The number of nitrogens with zero attached hydrogens (tertiary/aromatic N) is 1. The van der Waals surface area contributed by atoms with Gasteiger partial charge in [-0.25, -0.2) is 0 Å². The zero-order chi connectivity index (χ0) is 15.9. The molecule has 1 aromatic rings. The molecule has 0 heterocycles. The average Bonchev–Trinajstić information content (AvgIpc) is 2.35. The predicted molar refractivity (Wildman–Crippen MR) is 69.8 cm³/mol. The molecule has 0 bridgehead atoms. The Kier molecular flexibility index (Phi) is 6.16. The summed E-state index contributed by atoms with van der Waals surface area (Å²) in [5.41, 5.74) is 0.531. The molecule has 21 heavy (non-hydrogen) atoms. The minimum absolute atomic E-state index is 0.224. The molecule has 0 saturated carbocycles. The van der Waals surface area contributed by atoms with Gasteiger partial charge in [-0.2, -0.15) is 13.2 Å². The third kappa shape index (κ3) is 7.93. The molecule has 0 atom stereocenters. The molecule has 0 aliphatic heterocycles. The van der Waals surface area contributed by atoms with Crippen LogP contribution >= 0.6 is 0 Å². The first-order valence-electron chi connectivity index (χ1n) is 6.12. The fraction of sp³-hybridized carbons (Fsp3) is 0.385. The van der Waals surface area contributed by atoms with Crippen LogP contribution in [0.3, 0.4) is 0 Å². The van der Waals surface area contributed by atoms with Gasteiger partial charge in [-0.1, -0.05) is 18.2 Å². The molecule has 0 fully saturated rings. The highest BCUT2D eigenvalue weighted by Crippen LogP contribution is 2.16. The summed E-state index contributed by atoms with van der Waals surface area (Å²) in [6.45, 7) is -2.42. The highest BCUT2D eigenvalue weighted by molar-refractivity contribution is 5.90. The summed E-state index contributed by atoms with van der Waals surface area (Å²) in [5.74, 6) is -1.85. The Balaban J connectivity index is 2.48. The van der Waals surface area contributed by atoms with Crippen LogP contribution in [-0.2, 0) is 9.59 Å². The SMILES string of the molecule is O=C(O)CN(CCC(=O)Nc1ccccc1)CC(F)(F)F. The molecular formula is C13H15F3N2O3. The molecule has 116 valence electrons. The zero-order valence-corrected chi connectivity index (χ0v) is 11.1. The van der Waals surface area contributed by atoms with E-state index in [9.17, 15) is 22.8 Å². The monoisotopic (exact) mass is 304 g/mol. The maximum absolute atomic E-state index is 12.3. The van der Waals surface area contributed by atoms with Crippen LogP contribution in [0.15, 0.2) is 30.3 Å². The van der Waals surface area contributed by atoms with Crippen molar-refractivity contribution in [3.8, 4) is 0 Å². The van der Waals surface area contributed by atoms with Crippen molar-refractivity contribution >= 4 is 17.6 Å². The largest absolute Gasteiger partial charge is 0.480 e. The maximum atomic E-state index is 12.3. The van der Waals surface area contributed by atoms with E-state index < -0.39 is 31.1 Å². The van der Waals surface area contributed by atoms with Crippen molar-refractivity contribution in [2.75, 3.05) is 25.0 Å². The Labute approximate surface area is 119 Å². The van der Waals surface area contributed by atoms with Crippen LogP contribution in [0, 0.1) is 0 Å². The number of benzene rings is 1. The summed E-state index contributed by atoms with van der Waals surface area (Å²) in [4.78, 5) is 22.8. The quantitative estimate of drug-likeness (QED) is 0.808. The second-order valence-electron chi connectivity index (χ2n) is 4.38. The third-order valence-corrected chi connectivity index (χ3v) is 2.47. The van der Waals surface area contributed by atoms with Crippen LogP contribution in [0.2, 0.25) is 0 Å². The van der Waals surface area contributed by atoms with Gasteiger partial charge < -0.3 is 10.4 Å². The van der Waals surface area contributed by atoms with Crippen molar-refractivity contribution < 1.29 is 27.9 Å². The fourth-order valence-electron chi connectivity index (χ4n) is 1.66. The van der Waals surface area contributed by atoms with Gasteiger partial charge in [0, 0.05) is 18.7 Å². The Morgan fingerprint density at radius 3 is 2.33 bits per heavy atom. The first-order chi connectivity index (χ1) is 9.76. The van der Waals surface area contributed by atoms with Crippen molar-refractivity contribution in [3.63, 3.8) is 0 Å². The third-order valence-electron chi connectivity index (χ3n) is 2.47. The van der Waals surface area contributed by atoms with E-state index in [1.165, 1.54) is 0 Å². The number of para-hydroxylation sites is 1. The lowest BCUT2D eigenvalue weighted by Crippen LogP contribution is -2.39. The summed E-state index contributed by atoms with van der Waals surface area (Å²) in [7, 11) is 0. The van der Waals surface area contributed by atoms with Gasteiger partial charge in [0.05, 0.1) is 13.1 Å². The van der Waals surface area contributed by atoms with E-state index in [0.717, 1.165) is 0 Å². The molecule has 1 rings (SSSR count). The molecule has 0 unspecified atom stereocenters. The molecule has 0 radical (unpaired) electrons. The Hall–Kier alpha value is -2.09. The number of carbonyl (C=O) groups is 2. The molecule has 5 nitrogen and oxygen atoms in total. The zero-order valence-electron chi connectivity index (χ0n) is 11.1. The second-order valence-corrected chi connectivity index (χ2v) is 4.38. The van der Waals surface area contributed by atoms with E-state index in [4.69, 9.17) is 5.11 Å². The number of aliphatic carboxylic acids is 1. The molecule has 8 heteroatoms.